The molecule has 2 nitrogen and oxygen atoms in total. The summed E-state index contributed by atoms with van der Waals surface area (Å²) in [6, 6.07) is 5.86. The van der Waals surface area contributed by atoms with Crippen molar-refractivity contribution in [3.05, 3.63) is 45.4 Å². The van der Waals surface area contributed by atoms with Gasteiger partial charge in [-0.15, -0.1) is 0 Å². The highest BCUT2D eigenvalue weighted by atomic mass is 79.9. The van der Waals surface area contributed by atoms with Crippen LogP contribution in [-0.4, -0.2) is 23.9 Å². The second-order valence-corrected chi connectivity index (χ2v) is 5.39. The highest BCUT2D eigenvalue weighted by Crippen LogP contribution is 2.21. The molecule has 90 valence electrons. The smallest absolute Gasteiger partial charge is 0.255 e. The fraction of sp³-hybridized carbons (Fsp3) is 0.357. The number of benzene rings is 1. The molecule has 0 N–H and O–H groups in total. The van der Waals surface area contributed by atoms with Gasteiger partial charge in [0.1, 0.15) is 0 Å². The molecule has 0 aromatic heterocycles. The van der Waals surface area contributed by atoms with E-state index in [2.05, 4.69) is 28.9 Å². The van der Waals surface area contributed by atoms with Crippen molar-refractivity contribution in [1.82, 2.24) is 4.90 Å². The van der Waals surface area contributed by atoms with Gasteiger partial charge in [-0.05, 0) is 53.9 Å². The number of nitrogens with zero attached hydrogens (tertiary/aromatic N) is 1. The van der Waals surface area contributed by atoms with Crippen LogP contribution in [-0.2, 0) is 0 Å². The van der Waals surface area contributed by atoms with Gasteiger partial charge in [0, 0.05) is 17.6 Å². The number of carbonyl (C=O) groups is 1. The average molecular weight is 294 g/mol. The van der Waals surface area contributed by atoms with E-state index < -0.39 is 0 Å². The molecular weight excluding hydrogens is 278 g/mol. The zero-order chi connectivity index (χ0) is 12.4. The van der Waals surface area contributed by atoms with E-state index in [-0.39, 0.29) is 5.91 Å². The van der Waals surface area contributed by atoms with E-state index in [4.69, 9.17) is 0 Å². The van der Waals surface area contributed by atoms with E-state index in [1.807, 2.05) is 30.0 Å². The van der Waals surface area contributed by atoms with Crippen LogP contribution >= 0.6 is 15.9 Å². The van der Waals surface area contributed by atoms with Crippen LogP contribution in [0.15, 0.2) is 34.3 Å². The van der Waals surface area contributed by atoms with Crippen LogP contribution < -0.4 is 0 Å². The van der Waals surface area contributed by atoms with E-state index in [9.17, 15) is 4.79 Å². The summed E-state index contributed by atoms with van der Waals surface area (Å²) in [6.07, 6.45) is 3.11. The lowest BCUT2D eigenvalue weighted by Crippen LogP contribution is -2.34. The molecule has 1 heterocycles. The Balaban J connectivity index is 2.20. The third kappa shape index (κ3) is 2.78. The van der Waals surface area contributed by atoms with E-state index >= 15 is 0 Å². The van der Waals surface area contributed by atoms with Crippen molar-refractivity contribution in [2.45, 2.75) is 20.3 Å². The Bertz CT molecular complexity index is 479. The van der Waals surface area contributed by atoms with Gasteiger partial charge in [0.2, 0.25) is 0 Å². The molecule has 0 saturated heterocycles. The Kier molecular flexibility index (Phi) is 3.67. The van der Waals surface area contributed by atoms with Crippen LogP contribution in [0.3, 0.4) is 0 Å². The fourth-order valence-electron chi connectivity index (χ4n) is 1.92. The first-order chi connectivity index (χ1) is 8.08. The highest BCUT2D eigenvalue weighted by molar-refractivity contribution is 9.10. The SMILES string of the molecule is CC1=CCN(C(=O)c2ccc(C)cc2Br)CC1. The standard InChI is InChI=1S/C14H16BrNO/c1-10-5-7-16(8-6-10)14(17)12-4-3-11(2)9-13(12)15/h3-5,9H,6-8H2,1-2H3. The summed E-state index contributed by atoms with van der Waals surface area (Å²) in [7, 11) is 0. The Morgan fingerprint density at radius 2 is 2.12 bits per heavy atom. The topological polar surface area (TPSA) is 20.3 Å². The molecule has 1 aromatic rings. The molecule has 0 unspecified atom stereocenters. The van der Waals surface area contributed by atoms with Crippen LogP contribution in [0.5, 0.6) is 0 Å². The molecule has 1 aromatic carbocycles. The molecule has 0 fully saturated rings. The fourth-order valence-corrected chi connectivity index (χ4v) is 2.58. The lowest BCUT2D eigenvalue weighted by molar-refractivity contribution is 0.0768. The minimum atomic E-state index is 0.112. The second kappa shape index (κ2) is 5.05. The van der Waals surface area contributed by atoms with Crippen molar-refractivity contribution >= 4 is 21.8 Å². The summed E-state index contributed by atoms with van der Waals surface area (Å²) in [5, 5.41) is 0. The van der Waals surface area contributed by atoms with Crippen LogP contribution in [0.4, 0.5) is 0 Å². The van der Waals surface area contributed by atoms with E-state index in [0.29, 0.717) is 0 Å². The van der Waals surface area contributed by atoms with Crippen molar-refractivity contribution in [3.63, 3.8) is 0 Å². The zero-order valence-corrected chi connectivity index (χ0v) is 11.8. The van der Waals surface area contributed by atoms with Crippen molar-refractivity contribution in [2.75, 3.05) is 13.1 Å². The molecule has 0 radical (unpaired) electrons. The van der Waals surface area contributed by atoms with Crippen molar-refractivity contribution in [1.29, 1.82) is 0 Å². The Morgan fingerprint density at radius 3 is 2.71 bits per heavy atom. The van der Waals surface area contributed by atoms with Crippen molar-refractivity contribution in [3.8, 4) is 0 Å². The molecule has 0 bridgehead atoms. The Hall–Kier alpha value is -1.09. The van der Waals surface area contributed by atoms with E-state index in [1.54, 1.807) is 0 Å². The maximum Gasteiger partial charge on any atom is 0.255 e. The first-order valence-corrected chi connectivity index (χ1v) is 6.58. The molecule has 17 heavy (non-hydrogen) atoms. The van der Waals surface area contributed by atoms with Gasteiger partial charge in [-0.25, -0.2) is 0 Å². The number of rotatable bonds is 1. The Labute approximate surface area is 110 Å². The molecule has 3 heteroatoms. The first-order valence-electron chi connectivity index (χ1n) is 5.79. The predicted octanol–water partition coefficient (Wildman–Crippen LogP) is 3.55. The zero-order valence-electron chi connectivity index (χ0n) is 10.2. The number of aryl methyl sites for hydroxylation is 1. The predicted molar refractivity (Wildman–Crippen MR) is 73.2 cm³/mol. The molecule has 1 aliphatic heterocycles. The normalized spacial score (nSPS) is 15.7. The van der Waals surface area contributed by atoms with Gasteiger partial charge < -0.3 is 4.90 Å². The first kappa shape index (κ1) is 12.4. The third-order valence-corrected chi connectivity index (χ3v) is 3.73. The number of carbonyl (C=O) groups excluding carboxylic acids is 1. The minimum Gasteiger partial charge on any atom is -0.335 e. The molecule has 0 atom stereocenters. The molecular formula is C14H16BrNO. The highest BCUT2D eigenvalue weighted by Gasteiger charge is 2.19. The lowest BCUT2D eigenvalue weighted by atomic mass is 10.1. The van der Waals surface area contributed by atoms with Crippen molar-refractivity contribution in [2.24, 2.45) is 0 Å². The monoisotopic (exact) mass is 293 g/mol. The molecule has 1 aliphatic rings. The van der Waals surface area contributed by atoms with Gasteiger partial charge in [0.15, 0.2) is 0 Å². The van der Waals surface area contributed by atoms with Gasteiger partial charge in [0.25, 0.3) is 5.91 Å². The number of hydrogen-bond donors (Lipinski definition) is 0. The van der Waals surface area contributed by atoms with Gasteiger partial charge in [-0.1, -0.05) is 17.7 Å². The maximum atomic E-state index is 12.3. The lowest BCUT2D eigenvalue weighted by Gasteiger charge is -2.26. The van der Waals surface area contributed by atoms with Crippen LogP contribution in [0.25, 0.3) is 0 Å². The molecule has 2 rings (SSSR count). The van der Waals surface area contributed by atoms with Gasteiger partial charge in [-0.3, -0.25) is 4.79 Å². The van der Waals surface area contributed by atoms with E-state index in [1.165, 1.54) is 5.57 Å². The van der Waals surface area contributed by atoms with Crippen LogP contribution in [0, 0.1) is 6.92 Å². The summed E-state index contributed by atoms with van der Waals surface area (Å²) >= 11 is 3.46. The third-order valence-electron chi connectivity index (χ3n) is 3.08. The molecule has 0 spiro atoms. The summed E-state index contributed by atoms with van der Waals surface area (Å²) in [6.45, 7) is 5.68. The minimum absolute atomic E-state index is 0.112. The largest absolute Gasteiger partial charge is 0.335 e. The summed E-state index contributed by atoms with van der Waals surface area (Å²) in [4.78, 5) is 14.2. The number of hydrogen-bond acceptors (Lipinski definition) is 1. The van der Waals surface area contributed by atoms with E-state index in [0.717, 1.165) is 35.1 Å². The Morgan fingerprint density at radius 1 is 1.35 bits per heavy atom. The average Bonchev–Trinajstić information content (AvgIpc) is 2.29. The second-order valence-electron chi connectivity index (χ2n) is 4.53. The van der Waals surface area contributed by atoms with Gasteiger partial charge >= 0.3 is 0 Å². The van der Waals surface area contributed by atoms with Crippen LogP contribution in [0.1, 0.15) is 29.3 Å². The molecule has 0 aliphatic carbocycles. The number of halogens is 1. The molecule has 1 amide bonds. The summed E-state index contributed by atoms with van der Waals surface area (Å²) < 4.78 is 0.883. The molecule has 0 saturated carbocycles. The van der Waals surface area contributed by atoms with Crippen LogP contribution in [0.2, 0.25) is 0 Å². The number of amides is 1. The maximum absolute atomic E-state index is 12.3. The van der Waals surface area contributed by atoms with Gasteiger partial charge in [-0.2, -0.15) is 0 Å². The van der Waals surface area contributed by atoms with Gasteiger partial charge in [0.05, 0.1) is 5.56 Å². The van der Waals surface area contributed by atoms with Crippen molar-refractivity contribution < 1.29 is 4.79 Å². The quantitative estimate of drug-likeness (QED) is 0.725. The summed E-state index contributed by atoms with van der Waals surface area (Å²) in [5.41, 5.74) is 3.28. The summed E-state index contributed by atoms with van der Waals surface area (Å²) in [5.74, 6) is 0.112.